The number of H-pyrrole nitrogens is 1. The molecule has 0 saturated heterocycles. The number of aromatic nitrogens is 2. The molecule has 1 N–H and O–H groups in total. The van der Waals surface area contributed by atoms with Crippen molar-refractivity contribution in [2.24, 2.45) is 0 Å². The largest absolute Gasteiger partial charge is 0.461 e. The lowest BCUT2D eigenvalue weighted by atomic mass is 10.1. The van der Waals surface area contributed by atoms with Crippen LogP contribution in [0.15, 0.2) is 40.8 Å². The second-order valence-corrected chi connectivity index (χ2v) is 6.28. The third-order valence-corrected chi connectivity index (χ3v) is 4.55. The standard InChI is InChI=1S/C19H21N3O/c1-13-14(2)21-19(20-13)12-22-9-8-17-16(11-22)10-18(23-17)15-6-4-3-5-7-15/h3-7,10H,8-9,11-12H2,1-2H3,(H,20,21). The number of fused-ring (bicyclic) bond motifs is 1. The molecule has 1 aliphatic rings. The van der Waals surface area contributed by atoms with E-state index >= 15 is 0 Å². The maximum atomic E-state index is 6.06. The first-order chi connectivity index (χ1) is 11.2. The van der Waals surface area contributed by atoms with Crippen LogP contribution in [0.2, 0.25) is 0 Å². The Bertz CT molecular complexity index is 797. The van der Waals surface area contributed by atoms with Gasteiger partial charge in [0.1, 0.15) is 17.3 Å². The Balaban J connectivity index is 1.52. The van der Waals surface area contributed by atoms with Gasteiger partial charge in [-0.25, -0.2) is 4.98 Å². The van der Waals surface area contributed by atoms with Crippen LogP contribution < -0.4 is 0 Å². The predicted molar refractivity (Wildman–Crippen MR) is 90.0 cm³/mol. The van der Waals surface area contributed by atoms with Crippen LogP contribution in [0.1, 0.15) is 28.5 Å². The van der Waals surface area contributed by atoms with Crippen molar-refractivity contribution in [1.29, 1.82) is 0 Å². The number of aromatic amines is 1. The molecule has 0 aliphatic carbocycles. The Morgan fingerprint density at radius 1 is 1.22 bits per heavy atom. The number of nitrogens with one attached hydrogen (secondary N) is 1. The second kappa shape index (κ2) is 5.70. The zero-order chi connectivity index (χ0) is 15.8. The molecule has 0 spiro atoms. The Hall–Kier alpha value is -2.33. The van der Waals surface area contributed by atoms with Crippen LogP contribution in [0.5, 0.6) is 0 Å². The van der Waals surface area contributed by atoms with Crippen LogP contribution in [0.3, 0.4) is 0 Å². The molecule has 0 amide bonds. The Morgan fingerprint density at radius 3 is 2.78 bits per heavy atom. The van der Waals surface area contributed by atoms with Crippen LogP contribution in [-0.4, -0.2) is 21.4 Å². The minimum atomic E-state index is 0.861. The molecule has 1 aliphatic heterocycles. The SMILES string of the molecule is Cc1nc(CN2CCc3oc(-c4ccccc4)cc3C2)[nH]c1C. The molecule has 0 fully saturated rings. The molecule has 0 radical (unpaired) electrons. The first kappa shape index (κ1) is 14.3. The summed E-state index contributed by atoms with van der Waals surface area (Å²) in [5.41, 5.74) is 4.69. The summed E-state index contributed by atoms with van der Waals surface area (Å²) in [5, 5.41) is 0. The van der Waals surface area contributed by atoms with Crippen molar-refractivity contribution < 1.29 is 4.42 Å². The lowest BCUT2D eigenvalue weighted by Gasteiger charge is -2.24. The highest BCUT2D eigenvalue weighted by molar-refractivity contribution is 5.58. The van der Waals surface area contributed by atoms with Gasteiger partial charge in [-0.05, 0) is 19.9 Å². The summed E-state index contributed by atoms with van der Waals surface area (Å²) >= 11 is 0. The summed E-state index contributed by atoms with van der Waals surface area (Å²) in [7, 11) is 0. The molecule has 4 rings (SSSR count). The fourth-order valence-corrected chi connectivity index (χ4v) is 3.18. The Morgan fingerprint density at radius 2 is 2.04 bits per heavy atom. The number of nitrogens with zero attached hydrogens (tertiary/aromatic N) is 2. The fraction of sp³-hybridized carbons (Fsp3) is 0.316. The van der Waals surface area contributed by atoms with Gasteiger partial charge in [0.05, 0.1) is 12.2 Å². The van der Waals surface area contributed by atoms with E-state index in [0.717, 1.165) is 60.4 Å². The summed E-state index contributed by atoms with van der Waals surface area (Å²) in [6, 6.07) is 12.5. The third kappa shape index (κ3) is 2.82. The van der Waals surface area contributed by atoms with E-state index in [4.69, 9.17) is 4.42 Å². The van der Waals surface area contributed by atoms with E-state index in [0.29, 0.717) is 0 Å². The maximum absolute atomic E-state index is 6.06. The van der Waals surface area contributed by atoms with Crippen molar-refractivity contribution in [3.05, 3.63) is 64.9 Å². The van der Waals surface area contributed by atoms with Gasteiger partial charge in [0.15, 0.2) is 0 Å². The third-order valence-electron chi connectivity index (χ3n) is 4.55. The van der Waals surface area contributed by atoms with Gasteiger partial charge in [0, 0.05) is 36.3 Å². The molecule has 0 saturated carbocycles. The fourth-order valence-electron chi connectivity index (χ4n) is 3.18. The van der Waals surface area contributed by atoms with Crippen LogP contribution in [0.4, 0.5) is 0 Å². The number of benzene rings is 1. The van der Waals surface area contributed by atoms with E-state index in [9.17, 15) is 0 Å². The van der Waals surface area contributed by atoms with Crippen molar-refractivity contribution in [2.75, 3.05) is 6.54 Å². The zero-order valence-corrected chi connectivity index (χ0v) is 13.6. The maximum Gasteiger partial charge on any atom is 0.134 e. The molecule has 0 unspecified atom stereocenters. The summed E-state index contributed by atoms with van der Waals surface area (Å²) in [6.07, 6.45) is 0.959. The number of imidazole rings is 1. The second-order valence-electron chi connectivity index (χ2n) is 6.28. The number of furan rings is 1. The normalized spacial score (nSPS) is 14.9. The minimum absolute atomic E-state index is 0.861. The quantitative estimate of drug-likeness (QED) is 0.799. The monoisotopic (exact) mass is 307 g/mol. The summed E-state index contributed by atoms with van der Waals surface area (Å²) in [4.78, 5) is 10.4. The van der Waals surface area contributed by atoms with E-state index in [1.807, 2.05) is 25.1 Å². The highest BCUT2D eigenvalue weighted by Crippen LogP contribution is 2.29. The molecular weight excluding hydrogens is 286 g/mol. The molecule has 1 aromatic carbocycles. The van der Waals surface area contributed by atoms with Gasteiger partial charge < -0.3 is 9.40 Å². The van der Waals surface area contributed by atoms with Gasteiger partial charge in [0.25, 0.3) is 0 Å². The highest BCUT2D eigenvalue weighted by Gasteiger charge is 2.22. The van der Waals surface area contributed by atoms with Crippen molar-refractivity contribution in [2.45, 2.75) is 33.4 Å². The smallest absolute Gasteiger partial charge is 0.134 e. The van der Waals surface area contributed by atoms with Crippen LogP contribution in [-0.2, 0) is 19.5 Å². The number of rotatable bonds is 3. The highest BCUT2D eigenvalue weighted by atomic mass is 16.3. The Kier molecular flexibility index (Phi) is 3.54. The van der Waals surface area contributed by atoms with Gasteiger partial charge in [-0.2, -0.15) is 0 Å². The van der Waals surface area contributed by atoms with Gasteiger partial charge in [-0.15, -0.1) is 0 Å². The minimum Gasteiger partial charge on any atom is -0.461 e. The molecule has 23 heavy (non-hydrogen) atoms. The van der Waals surface area contributed by atoms with Crippen molar-refractivity contribution in [3.8, 4) is 11.3 Å². The van der Waals surface area contributed by atoms with Gasteiger partial charge >= 0.3 is 0 Å². The van der Waals surface area contributed by atoms with Crippen LogP contribution in [0.25, 0.3) is 11.3 Å². The Labute approximate surface area is 136 Å². The van der Waals surface area contributed by atoms with E-state index in [1.54, 1.807) is 0 Å². The van der Waals surface area contributed by atoms with E-state index in [1.165, 1.54) is 5.56 Å². The van der Waals surface area contributed by atoms with E-state index in [-0.39, 0.29) is 0 Å². The van der Waals surface area contributed by atoms with Crippen molar-refractivity contribution >= 4 is 0 Å². The summed E-state index contributed by atoms with van der Waals surface area (Å²) < 4.78 is 6.06. The molecule has 2 aromatic heterocycles. The number of hydrogen-bond donors (Lipinski definition) is 1. The summed E-state index contributed by atoms with van der Waals surface area (Å²) in [6.45, 7) is 6.91. The molecule has 0 bridgehead atoms. The lowest BCUT2D eigenvalue weighted by Crippen LogP contribution is -2.29. The molecule has 0 atom stereocenters. The average Bonchev–Trinajstić information content (AvgIpc) is 3.11. The molecular formula is C19H21N3O. The van der Waals surface area contributed by atoms with Crippen LogP contribution in [0, 0.1) is 13.8 Å². The van der Waals surface area contributed by atoms with E-state index in [2.05, 4.69) is 40.0 Å². The first-order valence-electron chi connectivity index (χ1n) is 8.10. The first-order valence-corrected chi connectivity index (χ1v) is 8.10. The molecule has 3 heterocycles. The molecule has 118 valence electrons. The average molecular weight is 307 g/mol. The van der Waals surface area contributed by atoms with Gasteiger partial charge in [-0.3, -0.25) is 4.90 Å². The number of aryl methyl sites for hydroxylation is 2. The zero-order valence-electron chi connectivity index (χ0n) is 13.6. The molecule has 4 nitrogen and oxygen atoms in total. The lowest BCUT2D eigenvalue weighted by molar-refractivity contribution is 0.229. The van der Waals surface area contributed by atoms with Crippen molar-refractivity contribution in [3.63, 3.8) is 0 Å². The number of hydrogen-bond acceptors (Lipinski definition) is 3. The van der Waals surface area contributed by atoms with Crippen LogP contribution >= 0.6 is 0 Å². The topological polar surface area (TPSA) is 45.1 Å². The summed E-state index contributed by atoms with van der Waals surface area (Å²) in [5.74, 6) is 3.16. The van der Waals surface area contributed by atoms with E-state index < -0.39 is 0 Å². The predicted octanol–water partition coefficient (Wildman–Crippen LogP) is 3.84. The van der Waals surface area contributed by atoms with Crippen molar-refractivity contribution in [1.82, 2.24) is 14.9 Å². The molecule has 4 heteroatoms. The molecule has 3 aromatic rings. The van der Waals surface area contributed by atoms with Gasteiger partial charge in [-0.1, -0.05) is 30.3 Å². The van der Waals surface area contributed by atoms with Gasteiger partial charge in [0.2, 0.25) is 0 Å².